The van der Waals surface area contributed by atoms with Crippen LogP contribution in [-0.2, 0) is 15.9 Å². The first kappa shape index (κ1) is 16.4. The van der Waals surface area contributed by atoms with Crippen LogP contribution in [0.2, 0.25) is 0 Å². The van der Waals surface area contributed by atoms with E-state index in [0.29, 0.717) is 12.0 Å². The molecule has 0 saturated carbocycles. The van der Waals surface area contributed by atoms with Crippen LogP contribution in [0.25, 0.3) is 0 Å². The van der Waals surface area contributed by atoms with Crippen molar-refractivity contribution >= 4 is 21.6 Å². The minimum Gasteiger partial charge on any atom is -0.207 e. The van der Waals surface area contributed by atoms with Crippen LogP contribution in [0, 0.1) is 5.82 Å². The number of sulfonamides is 1. The van der Waals surface area contributed by atoms with E-state index in [1.54, 1.807) is 13.8 Å². The molecule has 0 aliphatic rings. The zero-order valence-electron chi connectivity index (χ0n) is 11.6. The number of benzene rings is 1. The number of alkyl halides is 1. The highest BCUT2D eigenvalue weighted by molar-refractivity contribution is 7.89. The van der Waals surface area contributed by atoms with E-state index in [2.05, 4.69) is 0 Å². The average molecular weight is 308 g/mol. The fraction of sp³-hybridized carbons (Fsp3) is 0.538. The zero-order valence-corrected chi connectivity index (χ0v) is 13.1. The molecule has 19 heavy (non-hydrogen) atoms. The van der Waals surface area contributed by atoms with Crippen LogP contribution < -0.4 is 0 Å². The molecule has 0 N–H and O–H groups in total. The second-order valence-corrected chi connectivity index (χ2v) is 7.24. The molecule has 0 aromatic heterocycles. The van der Waals surface area contributed by atoms with Gasteiger partial charge in [-0.1, -0.05) is 13.0 Å². The van der Waals surface area contributed by atoms with Crippen molar-refractivity contribution in [2.45, 2.75) is 43.5 Å². The summed E-state index contributed by atoms with van der Waals surface area (Å²) >= 11 is 5.67. The predicted octanol–water partition coefficient (Wildman–Crippen LogP) is 3.37. The van der Waals surface area contributed by atoms with Crippen LogP contribution in [0.15, 0.2) is 23.1 Å². The van der Waals surface area contributed by atoms with Gasteiger partial charge in [-0.05, 0) is 38.0 Å². The summed E-state index contributed by atoms with van der Waals surface area (Å²) in [5, 5.41) is 0. The topological polar surface area (TPSA) is 37.4 Å². The molecule has 0 radical (unpaired) electrons. The monoisotopic (exact) mass is 307 g/mol. The van der Waals surface area contributed by atoms with E-state index >= 15 is 0 Å². The van der Waals surface area contributed by atoms with Crippen molar-refractivity contribution in [3.8, 4) is 0 Å². The maximum absolute atomic E-state index is 13.8. The SMILES string of the molecule is CCC(C)(C)N(C)S(=O)(=O)c1cc(CCl)ccc1F. The highest BCUT2D eigenvalue weighted by Gasteiger charge is 2.34. The average Bonchev–Trinajstić information content (AvgIpc) is 2.38. The number of hydrogen-bond acceptors (Lipinski definition) is 2. The van der Waals surface area contributed by atoms with E-state index in [9.17, 15) is 12.8 Å². The smallest absolute Gasteiger partial charge is 0.207 e. The molecule has 0 fully saturated rings. The summed E-state index contributed by atoms with van der Waals surface area (Å²) in [4.78, 5) is -0.324. The largest absolute Gasteiger partial charge is 0.246 e. The molecule has 108 valence electrons. The Morgan fingerprint density at radius 3 is 2.42 bits per heavy atom. The van der Waals surface area contributed by atoms with Crippen LogP contribution in [0.3, 0.4) is 0 Å². The van der Waals surface area contributed by atoms with Crippen LogP contribution >= 0.6 is 11.6 Å². The third-order valence-electron chi connectivity index (χ3n) is 3.51. The molecule has 1 rings (SSSR count). The summed E-state index contributed by atoms with van der Waals surface area (Å²) < 4.78 is 39.9. The van der Waals surface area contributed by atoms with Gasteiger partial charge >= 0.3 is 0 Å². The minimum atomic E-state index is -3.87. The second-order valence-electron chi connectivity index (χ2n) is 5.04. The number of nitrogens with zero attached hydrogens (tertiary/aromatic N) is 1. The molecule has 0 aliphatic heterocycles. The van der Waals surface area contributed by atoms with Gasteiger partial charge in [-0.25, -0.2) is 12.8 Å². The van der Waals surface area contributed by atoms with Crippen molar-refractivity contribution in [3.05, 3.63) is 29.6 Å². The summed E-state index contributed by atoms with van der Waals surface area (Å²) in [5.41, 5.74) is -0.00764. The molecule has 0 spiro atoms. The number of hydrogen-bond donors (Lipinski definition) is 0. The van der Waals surface area contributed by atoms with Gasteiger partial charge in [-0.2, -0.15) is 4.31 Å². The maximum Gasteiger partial charge on any atom is 0.246 e. The molecule has 1 aromatic carbocycles. The predicted molar refractivity (Wildman–Crippen MR) is 75.3 cm³/mol. The Hall–Kier alpha value is -0.650. The van der Waals surface area contributed by atoms with Crippen molar-refractivity contribution in [2.24, 2.45) is 0 Å². The third-order valence-corrected chi connectivity index (χ3v) is 5.90. The normalized spacial score (nSPS) is 13.0. The minimum absolute atomic E-state index is 0.143. The lowest BCUT2D eigenvalue weighted by molar-refractivity contribution is 0.256. The summed E-state index contributed by atoms with van der Waals surface area (Å²) in [6.07, 6.45) is 0.625. The Bertz CT molecular complexity index is 558. The Morgan fingerprint density at radius 2 is 1.95 bits per heavy atom. The van der Waals surface area contributed by atoms with Gasteiger partial charge in [0, 0.05) is 18.5 Å². The first-order chi connectivity index (χ1) is 8.66. The van der Waals surface area contributed by atoms with E-state index < -0.39 is 21.4 Å². The molecule has 0 atom stereocenters. The van der Waals surface area contributed by atoms with Gasteiger partial charge in [-0.15, -0.1) is 11.6 Å². The Morgan fingerprint density at radius 1 is 1.37 bits per heavy atom. The maximum atomic E-state index is 13.8. The zero-order chi connectivity index (χ0) is 14.8. The Labute approximate surface area is 119 Å². The van der Waals surface area contributed by atoms with Crippen LogP contribution in [-0.4, -0.2) is 25.3 Å². The van der Waals surface area contributed by atoms with E-state index in [0.717, 1.165) is 6.07 Å². The summed E-state index contributed by atoms with van der Waals surface area (Å²) in [6.45, 7) is 5.49. The van der Waals surface area contributed by atoms with E-state index in [4.69, 9.17) is 11.6 Å². The van der Waals surface area contributed by atoms with Gasteiger partial charge in [0.05, 0.1) is 0 Å². The van der Waals surface area contributed by atoms with Gasteiger partial charge in [0.15, 0.2) is 0 Å². The molecule has 1 aromatic rings. The van der Waals surface area contributed by atoms with Crippen molar-refractivity contribution < 1.29 is 12.8 Å². The molecule has 0 bridgehead atoms. The van der Waals surface area contributed by atoms with Gasteiger partial charge in [0.1, 0.15) is 10.7 Å². The molecular weight excluding hydrogens is 289 g/mol. The Balaban J connectivity index is 3.35. The van der Waals surface area contributed by atoms with Crippen molar-refractivity contribution in [2.75, 3.05) is 7.05 Å². The standard InChI is InChI=1S/C13H19ClFNO2S/c1-5-13(2,3)16(4)19(17,18)12-8-10(9-14)6-7-11(12)15/h6-8H,5,9H2,1-4H3. The van der Waals surface area contributed by atoms with Gasteiger partial charge in [-0.3, -0.25) is 0 Å². The quantitative estimate of drug-likeness (QED) is 0.782. The molecule has 0 unspecified atom stereocenters. The van der Waals surface area contributed by atoms with Gasteiger partial charge in [0.25, 0.3) is 0 Å². The van der Waals surface area contributed by atoms with Crippen molar-refractivity contribution in [1.82, 2.24) is 4.31 Å². The lowest BCUT2D eigenvalue weighted by Gasteiger charge is -2.33. The van der Waals surface area contributed by atoms with Crippen molar-refractivity contribution in [1.29, 1.82) is 0 Å². The molecule has 0 saturated heterocycles. The highest BCUT2D eigenvalue weighted by Crippen LogP contribution is 2.27. The van der Waals surface area contributed by atoms with Crippen LogP contribution in [0.4, 0.5) is 4.39 Å². The molecule has 0 aliphatic carbocycles. The van der Waals surface area contributed by atoms with E-state index in [-0.39, 0.29) is 10.8 Å². The van der Waals surface area contributed by atoms with E-state index in [1.165, 1.54) is 23.5 Å². The molecule has 3 nitrogen and oxygen atoms in total. The molecule has 0 heterocycles. The van der Waals surface area contributed by atoms with Crippen molar-refractivity contribution in [3.63, 3.8) is 0 Å². The Kier molecular flexibility index (Phi) is 4.98. The van der Waals surface area contributed by atoms with Crippen LogP contribution in [0.5, 0.6) is 0 Å². The van der Waals surface area contributed by atoms with Gasteiger partial charge < -0.3 is 0 Å². The lowest BCUT2D eigenvalue weighted by atomic mass is 10.0. The fourth-order valence-corrected chi connectivity index (χ4v) is 3.38. The fourth-order valence-electron chi connectivity index (χ4n) is 1.52. The number of rotatable bonds is 5. The summed E-state index contributed by atoms with van der Waals surface area (Å²) in [5.74, 6) is -0.614. The van der Waals surface area contributed by atoms with E-state index in [1.807, 2.05) is 6.92 Å². The first-order valence-electron chi connectivity index (χ1n) is 6.00. The number of halogens is 2. The third kappa shape index (κ3) is 3.27. The van der Waals surface area contributed by atoms with Gasteiger partial charge in [0.2, 0.25) is 10.0 Å². The molecule has 6 heteroatoms. The first-order valence-corrected chi connectivity index (χ1v) is 7.97. The lowest BCUT2D eigenvalue weighted by Crippen LogP contribution is -2.44. The summed E-state index contributed by atoms with van der Waals surface area (Å²) in [7, 11) is -2.41. The van der Waals surface area contributed by atoms with Crippen LogP contribution in [0.1, 0.15) is 32.8 Å². The summed E-state index contributed by atoms with van der Waals surface area (Å²) in [6, 6.07) is 3.91. The molecule has 0 amide bonds. The highest BCUT2D eigenvalue weighted by atomic mass is 35.5. The second kappa shape index (κ2) is 5.77. The molecular formula is C13H19ClFNO2S.